The van der Waals surface area contributed by atoms with Gasteiger partial charge in [-0.2, -0.15) is 0 Å². The summed E-state index contributed by atoms with van der Waals surface area (Å²) in [6.07, 6.45) is 5.52. The van der Waals surface area contributed by atoms with Crippen LogP contribution >= 0.6 is 12.4 Å². The second kappa shape index (κ2) is 8.21. The minimum absolute atomic E-state index is 0. The maximum Gasteiger partial charge on any atom is 0.228 e. The molecule has 3 rings (SSSR count). The van der Waals surface area contributed by atoms with Gasteiger partial charge >= 0.3 is 0 Å². The van der Waals surface area contributed by atoms with Crippen LogP contribution in [0.4, 0.5) is 5.69 Å². The van der Waals surface area contributed by atoms with Crippen LogP contribution in [-0.2, 0) is 4.79 Å². The summed E-state index contributed by atoms with van der Waals surface area (Å²) in [4.78, 5) is 12.5. The molecule has 1 heterocycles. The van der Waals surface area contributed by atoms with E-state index in [0.29, 0.717) is 0 Å². The van der Waals surface area contributed by atoms with Crippen LogP contribution in [0.3, 0.4) is 0 Å². The van der Waals surface area contributed by atoms with Crippen LogP contribution in [0.25, 0.3) is 0 Å². The average molecular weight is 353 g/mol. The molecule has 1 saturated heterocycles. The van der Waals surface area contributed by atoms with Gasteiger partial charge in [0.2, 0.25) is 5.91 Å². The molecule has 4 nitrogen and oxygen atoms in total. The fraction of sp³-hybridized carbons (Fsp3) is 0.632. The third kappa shape index (κ3) is 4.22. The SMILES string of the molecule is CCCCOc1ccc(NC(=O)C2CC23CCNCC3)c(C)c1.Cl. The van der Waals surface area contributed by atoms with Gasteiger partial charge in [0.15, 0.2) is 0 Å². The van der Waals surface area contributed by atoms with E-state index >= 15 is 0 Å². The van der Waals surface area contributed by atoms with E-state index in [-0.39, 0.29) is 29.6 Å². The molecule has 0 radical (unpaired) electrons. The van der Waals surface area contributed by atoms with E-state index in [9.17, 15) is 4.79 Å². The third-order valence-electron chi connectivity index (χ3n) is 5.33. The molecule has 0 aromatic heterocycles. The van der Waals surface area contributed by atoms with E-state index in [2.05, 4.69) is 17.6 Å². The van der Waals surface area contributed by atoms with Gasteiger partial charge in [-0.1, -0.05) is 13.3 Å². The number of piperidine rings is 1. The number of halogens is 1. The molecular formula is C19H29ClN2O2. The zero-order chi connectivity index (χ0) is 16.3. The van der Waals surface area contributed by atoms with Crippen molar-refractivity contribution >= 4 is 24.0 Å². The second-order valence-corrected chi connectivity index (χ2v) is 7.04. The van der Waals surface area contributed by atoms with Crippen molar-refractivity contribution in [1.82, 2.24) is 5.32 Å². The minimum atomic E-state index is 0. The quantitative estimate of drug-likeness (QED) is 0.763. The number of amides is 1. The predicted molar refractivity (Wildman–Crippen MR) is 100 cm³/mol. The number of carbonyl (C=O) groups excluding carboxylic acids is 1. The van der Waals surface area contributed by atoms with Crippen molar-refractivity contribution in [3.05, 3.63) is 23.8 Å². The number of nitrogens with one attached hydrogen (secondary N) is 2. The maximum absolute atomic E-state index is 12.5. The van der Waals surface area contributed by atoms with E-state index < -0.39 is 0 Å². The Hall–Kier alpha value is -1.26. The van der Waals surface area contributed by atoms with Crippen LogP contribution in [0, 0.1) is 18.3 Å². The number of hydrogen-bond donors (Lipinski definition) is 2. The van der Waals surface area contributed by atoms with Crippen molar-refractivity contribution in [3.63, 3.8) is 0 Å². The lowest BCUT2D eigenvalue weighted by Crippen LogP contribution is -2.31. The molecule has 1 spiro atoms. The summed E-state index contributed by atoms with van der Waals surface area (Å²) in [6.45, 7) is 7.02. The number of hydrogen-bond acceptors (Lipinski definition) is 3. The molecule has 0 bridgehead atoms. The van der Waals surface area contributed by atoms with Crippen LogP contribution in [0.15, 0.2) is 18.2 Å². The van der Waals surface area contributed by atoms with Gasteiger partial charge in [-0.05, 0) is 74.9 Å². The third-order valence-corrected chi connectivity index (χ3v) is 5.33. The largest absolute Gasteiger partial charge is 0.494 e. The number of benzene rings is 1. The Kier molecular flexibility index (Phi) is 6.53. The summed E-state index contributed by atoms with van der Waals surface area (Å²) in [5, 5.41) is 6.50. The van der Waals surface area contributed by atoms with Crippen LogP contribution in [0.1, 0.15) is 44.6 Å². The number of ether oxygens (including phenoxy) is 1. The molecule has 1 aliphatic carbocycles. The van der Waals surface area contributed by atoms with E-state index in [4.69, 9.17) is 4.74 Å². The number of unbranched alkanes of at least 4 members (excludes halogenated alkanes) is 1. The molecule has 1 aromatic rings. The van der Waals surface area contributed by atoms with Gasteiger partial charge in [-0.3, -0.25) is 4.79 Å². The number of carbonyl (C=O) groups is 1. The lowest BCUT2D eigenvalue weighted by Gasteiger charge is -2.23. The van der Waals surface area contributed by atoms with Gasteiger partial charge < -0.3 is 15.4 Å². The lowest BCUT2D eigenvalue weighted by molar-refractivity contribution is -0.118. The zero-order valence-electron chi connectivity index (χ0n) is 14.7. The molecule has 1 unspecified atom stereocenters. The molecule has 1 amide bonds. The van der Waals surface area contributed by atoms with E-state index in [1.807, 2.05) is 25.1 Å². The fourth-order valence-electron chi connectivity index (χ4n) is 3.62. The Morgan fingerprint density at radius 1 is 1.38 bits per heavy atom. The molecule has 5 heteroatoms. The molecule has 1 aliphatic heterocycles. The zero-order valence-corrected chi connectivity index (χ0v) is 15.5. The first-order valence-corrected chi connectivity index (χ1v) is 8.90. The standard InChI is InChI=1S/C19H28N2O2.ClH/c1-3-4-11-23-15-5-6-17(14(2)12-15)21-18(22)16-13-19(16)7-9-20-10-8-19;/h5-6,12,16,20H,3-4,7-11,13H2,1-2H3,(H,21,22);1H. The molecule has 1 saturated carbocycles. The number of anilines is 1. The van der Waals surface area contributed by atoms with Gasteiger partial charge in [0.05, 0.1) is 6.61 Å². The predicted octanol–water partition coefficient (Wildman–Crippen LogP) is 3.92. The Labute approximate surface area is 151 Å². The second-order valence-electron chi connectivity index (χ2n) is 7.04. The van der Waals surface area contributed by atoms with E-state index in [1.54, 1.807) is 0 Å². The Balaban J connectivity index is 0.00000208. The first-order chi connectivity index (χ1) is 11.1. The monoisotopic (exact) mass is 352 g/mol. The van der Waals surface area contributed by atoms with Crippen molar-refractivity contribution in [1.29, 1.82) is 0 Å². The highest BCUT2D eigenvalue weighted by molar-refractivity contribution is 5.95. The Bertz CT molecular complexity index is 570. The molecule has 1 aromatic carbocycles. The summed E-state index contributed by atoms with van der Waals surface area (Å²) >= 11 is 0. The molecule has 2 N–H and O–H groups in total. The lowest BCUT2D eigenvalue weighted by atomic mass is 9.91. The van der Waals surface area contributed by atoms with Gasteiger partial charge in [0.25, 0.3) is 0 Å². The first-order valence-electron chi connectivity index (χ1n) is 8.90. The average Bonchev–Trinajstić information content (AvgIpc) is 3.24. The topological polar surface area (TPSA) is 50.4 Å². The highest BCUT2D eigenvalue weighted by Crippen LogP contribution is 2.58. The fourth-order valence-corrected chi connectivity index (χ4v) is 3.62. The van der Waals surface area contributed by atoms with Crippen molar-refractivity contribution in [2.75, 3.05) is 25.0 Å². The molecule has 1 atom stereocenters. The highest BCUT2D eigenvalue weighted by Gasteiger charge is 2.57. The summed E-state index contributed by atoms with van der Waals surface area (Å²) in [5.74, 6) is 1.27. The molecule has 2 aliphatic rings. The summed E-state index contributed by atoms with van der Waals surface area (Å²) in [5.41, 5.74) is 2.26. The molecule has 2 fully saturated rings. The summed E-state index contributed by atoms with van der Waals surface area (Å²) in [6, 6.07) is 5.93. The van der Waals surface area contributed by atoms with E-state index in [0.717, 1.165) is 68.8 Å². The smallest absolute Gasteiger partial charge is 0.228 e. The Morgan fingerprint density at radius 3 is 2.79 bits per heavy atom. The van der Waals surface area contributed by atoms with Crippen LogP contribution in [-0.4, -0.2) is 25.6 Å². The number of aryl methyl sites for hydroxylation is 1. The maximum atomic E-state index is 12.5. The molecule has 134 valence electrons. The van der Waals surface area contributed by atoms with Gasteiger partial charge in [0, 0.05) is 11.6 Å². The summed E-state index contributed by atoms with van der Waals surface area (Å²) < 4.78 is 5.72. The van der Waals surface area contributed by atoms with Gasteiger partial charge in [-0.25, -0.2) is 0 Å². The van der Waals surface area contributed by atoms with E-state index in [1.165, 1.54) is 0 Å². The minimum Gasteiger partial charge on any atom is -0.494 e. The van der Waals surface area contributed by atoms with Crippen LogP contribution in [0.2, 0.25) is 0 Å². The van der Waals surface area contributed by atoms with Gasteiger partial charge in [-0.15, -0.1) is 12.4 Å². The van der Waals surface area contributed by atoms with Crippen LogP contribution < -0.4 is 15.4 Å². The van der Waals surface area contributed by atoms with Crippen molar-refractivity contribution in [2.45, 2.75) is 46.0 Å². The molecule has 24 heavy (non-hydrogen) atoms. The first kappa shape index (κ1) is 19.1. The van der Waals surface area contributed by atoms with Crippen molar-refractivity contribution < 1.29 is 9.53 Å². The highest BCUT2D eigenvalue weighted by atomic mass is 35.5. The number of rotatable bonds is 6. The van der Waals surface area contributed by atoms with Crippen molar-refractivity contribution in [2.24, 2.45) is 11.3 Å². The van der Waals surface area contributed by atoms with Crippen LogP contribution in [0.5, 0.6) is 5.75 Å². The molecular weight excluding hydrogens is 324 g/mol. The van der Waals surface area contributed by atoms with Gasteiger partial charge in [0.1, 0.15) is 5.75 Å². The summed E-state index contributed by atoms with van der Waals surface area (Å²) in [7, 11) is 0. The normalized spacial score (nSPS) is 21.0. The van der Waals surface area contributed by atoms with Crippen molar-refractivity contribution in [3.8, 4) is 5.75 Å². The Morgan fingerprint density at radius 2 is 2.12 bits per heavy atom.